The first kappa shape index (κ1) is 27.8. The quantitative estimate of drug-likeness (QED) is 0.278. The van der Waals surface area contributed by atoms with Crippen LogP contribution in [0.1, 0.15) is 61.1 Å². The summed E-state index contributed by atoms with van der Waals surface area (Å²) < 4.78 is 17.2. The molecule has 1 fully saturated rings. The molecule has 1 saturated carbocycles. The van der Waals surface area contributed by atoms with E-state index in [0.717, 1.165) is 47.0 Å². The first-order valence-corrected chi connectivity index (χ1v) is 13.8. The third kappa shape index (κ3) is 6.26. The van der Waals surface area contributed by atoms with Gasteiger partial charge in [0.2, 0.25) is 5.91 Å². The van der Waals surface area contributed by atoms with Gasteiger partial charge in [-0.05, 0) is 66.4 Å². The lowest BCUT2D eigenvalue weighted by molar-refractivity contribution is -0.121. The van der Waals surface area contributed by atoms with Gasteiger partial charge in [0, 0.05) is 34.3 Å². The van der Waals surface area contributed by atoms with Crippen LogP contribution < -0.4 is 19.5 Å². The molecule has 4 rings (SSSR count). The lowest BCUT2D eigenvalue weighted by Gasteiger charge is -2.38. The zero-order chi connectivity index (χ0) is 27.1. The Kier molecular flexibility index (Phi) is 9.21. The minimum absolute atomic E-state index is 0.0596. The predicted molar refractivity (Wildman–Crippen MR) is 153 cm³/mol. The number of phenolic OH excluding ortho intramolecular Hbond substituents is 1. The number of halogens is 1. The molecule has 1 unspecified atom stereocenters. The van der Waals surface area contributed by atoms with Crippen molar-refractivity contribution in [2.75, 3.05) is 27.9 Å². The van der Waals surface area contributed by atoms with Gasteiger partial charge in [0.15, 0.2) is 11.5 Å². The Morgan fingerprint density at radius 1 is 0.921 bits per heavy atom. The van der Waals surface area contributed by atoms with Gasteiger partial charge in [0.1, 0.15) is 11.5 Å². The van der Waals surface area contributed by atoms with Crippen LogP contribution >= 0.6 is 15.9 Å². The highest BCUT2D eigenvalue weighted by Gasteiger charge is 2.35. The van der Waals surface area contributed by atoms with Crippen molar-refractivity contribution < 1.29 is 24.1 Å². The molecule has 0 spiro atoms. The summed E-state index contributed by atoms with van der Waals surface area (Å²) in [5, 5.41) is 14.0. The summed E-state index contributed by atoms with van der Waals surface area (Å²) in [6, 6.07) is 19.1. The molecular formula is C31H36BrNO5. The molecule has 1 aliphatic carbocycles. The second-order valence-corrected chi connectivity index (χ2v) is 10.8. The number of hydrogen-bond donors (Lipinski definition) is 2. The molecule has 0 aromatic heterocycles. The molecule has 38 heavy (non-hydrogen) atoms. The second kappa shape index (κ2) is 12.6. The van der Waals surface area contributed by atoms with Gasteiger partial charge in [-0.3, -0.25) is 4.79 Å². The lowest BCUT2D eigenvalue weighted by atomic mass is 9.69. The second-order valence-electron chi connectivity index (χ2n) is 9.92. The van der Waals surface area contributed by atoms with Crippen molar-refractivity contribution in [3.63, 3.8) is 0 Å². The standard InChI is InChI=1S/C31H36BrNO5/c1-36-24-11-7-21(8-12-24)25(26-18-23(32)10-13-27(26)34)19-30(35)33-20-31(15-5-4-6-16-31)22-9-14-28(37-2)29(17-22)38-3/h7-14,17-18,25,34H,4-6,15-16,19-20H2,1-3H3,(H,33,35). The van der Waals surface area contributed by atoms with E-state index in [0.29, 0.717) is 23.6 Å². The fourth-order valence-corrected chi connectivity index (χ4v) is 5.91. The molecule has 202 valence electrons. The van der Waals surface area contributed by atoms with Gasteiger partial charge in [-0.25, -0.2) is 0 Å². The van der Waals surface area contributed by atoms with Crippen LogP contribution in [-0.4, -0.2) is 38.9 Å². The molecule has 1 aliphatic rings. The lowest BCUT2D eigenvalue weighted by Crippen LogP contribution is -2.42. The highest BCUT2D eigenvalue weighted by Crippen LogP contribution is 2.42. The number of hydrogen-bond acceptors (Lipinski definition) is 5. The molecular weight excluding hydrogens is 546 g/mol. The number of aromatic hydroxyl groups is 1. The fourth-order valence-electron chi connectivity index (χ4n) is 5.54. The number of carbonyl (C=O) groups is 1. The van der Waals surface area contributed by atoms with Gasteiger partial charge in [0.25, 0.3) is 0 Å². The maximum absolute atomic E-state index is 13.5. The Morgan fingerprint density at radius 3 is 2.29 bits per heavy atom. The Labute approximate surface area is 233 Å². The van der Waals surface area contributed by atoms with Gasteiger partial charge in [-0.1, -0.05) is 53.4 Å². The number of carbonyl (C=O) groups excluding carboxylic acids is 1. The molecule has 3 aromatic rings. The zero-order valence-corrected chi connectivity index (χ0v) is 23.8. The molecule has 0 radical (unpaired) electrons. The molecule has 7 heteroatoms. The van der Waals surface area contributed by atoms with Crippen molar-refractivity contribution in [2.24, 2.45) is 0 Å². The molecule has 0 saturated heterocycles. The predicted octanol–water partition coefficient (Wildman–Crippen LogP) is 6.72. The van der Waals surface area contributed by atoms with Crippen molar-refractivity contribution in [1.29, 1.82) is 0 Å². The van der Waals surface area contributed by atoms with E-state index in [9.17, 15) is 9.90 Å². The average Bonchev–Trinajstić information content (AvgIpc) is 2.96. The maximum Gasteiger partial charge on any atom is 0.220 e. The molecule has 0 bridgehead atoms. The number of ether oxygens (including phenoxy) is 3. The van der Waals surface area contributed by atoms with Gasteiger partial charge < -0.3 is 24.6 Å². The number of methoxy groups -OCH3 is 3. The number of amides is 1. The van der Waals surface area contributed by atoms with Gasteiger partial charge in [-0.2, -0.15) is 0 Å². The van der Waals surface area contributed by atoms with Crippen molar-refractivity contribution in [2.45, 2.75) is 49.9 Å². The summed E-state index contributed by atoms with van der Waals surface area (Å²) in [6.45, 7) is 0.543. The van der Waals surface area contributed by atoms with Gasteiger partial charge >= 0.3 is 0 Å². The third-order valence-corrected chi connectivity index (χ3v) is 8.20. The first-order valence-electron chi connectivity index (χ1n) is 13.0. The van der Waals surface area contributed by atoms with Crippen molar-refractivity contribution in [3.8, 4) is 23.0 Å². The van der Waals surface area contributed by atoms with E-state index < -0.39 is 0 Å². The van der Waals surface area contributed by atoms with Crippen molar-refractivity contribution in [3.05, 3.63) is 81.8 Å². The number of nitrogens with one attached hydrogen (secondary N) is 1. The van der Waals surface area contributed by atoms with E-state index in [1.807, 2.05) is 36.4 Å². The first-order chi connectivity index (χ1) is 18.4. The van der Waals surface area contributed by atoms with Gasteiger partial charge in [-0.15, -0.1) is 0 Å². The Balaban J connectivity index is 1.58. The summed E-state index contributed by atoms with van der Waals surface area (Å²) in [7, 11) is 4.91. The minimum Gasteiger partial charge on any atom is -0.508 e. The summed E-state index contributed by atoms with van der Waals surface area (Å²) >= 11 is 3.51. The zero-order valence-electron chi connectivity index (χ0n) is 22.3. The molecule has 0 aliphatic heterocycles. The third-order valence-electron chi connectivity index (χ3n) is 7.70. The van der Waals surface area contributed by atoms with Crippen LogP contribution in [0.5, 0.6) is 23.0 Å². The topological polar surface area (TPSA) is 77.0 Å². The van der Waals surface area contributed by atoms with Crippen molar-refractivity contribution >= 4 is 21.8 Å². The Hall–Kier alpha value is -3.19. The number of phenols is 1. The Morgan fingerprint density at radius 2 is 1.63 bits per heavy atom. The number of rotatable bonds is 10. The van der Waals surface area contributed by atoms with Crippen LogP contribution in [0, 0.1) is 0 Å². The molecule has 3 aromatic carbocycles. The van der Waals surface area contributed by atoms with Crippen LogP contribution in [0.25, 0.3) is 0 Å². The fraction of sp³-hybridized carbons (Fsp3) is 0.387. The van der Waals surface area contributed by atoms with Crippen LogP contribution in [-0.2, 0) is 10.2 Å². The molecule has 2 N–H and O–H groups in total. The van der Waals surface area contributed by atoms with E-state index in [1.54, 1.807) is 33.5 Å². The van der Waals surface area contributed by atoms with E-state index >= 15 is 0 Å². The number of benzene rings is 3. The van der Waals surface area contributed by atoms with Crippen molar-refractivity contribution in [1.82, 2.24) is 5.32 Å². The SMILES string of the molecule is COc1ccc(C(CC(=O)NCC2(c3ccc(OC)c(OC)c3)CCCCC2)c2cc(Br)ccc2O)cc1. The monoisotopic (exact) mass is 581 g/mol. The van der Waals surface area contributed by atoms with E-state index in [1.165, 1.54) is 6.42 Å². The highest BCUT2D eigenvalue weighted by molar-refractivity contribution is 9.10. The average molecular weight is 583 g/mol. The summed E-state index contributed by atoms with van der Waals surface area (Å²) in [4.78, 5) is 13.5. The normalized spacial score (nSPS) is 15.4. The molecule has 1 atom stereocenters. The van der Waals surface area contributed by atoms with Crippen LogP contribution in [0.15, 0.2) is 65.1 Å². The van der Waals surface area contributed by atoms with Crippen LogP contribution in [0.2, 0.25) is 0 Å². The summed E-state index contributed by atoms with van der Waals surface area (Å²) in [5.41, 5.74) is 2.63. The van der Waals surface area contributed by atoms with E-state index in [4.69, 9.17) is 14.2 Å². The highest BCUT2D eigenvalue weighted by atomic mass is 79.9. The molecule has 0 heterocycles. The van der Waals surface area contributed by atoms with E-state index in [2.05, 4.69) is 33.4 Å². The van der Waals surface area contributed by atoms with Crippen LogP contribution in [0.3, 0.4) is 0 Å². The smallest absolute Gasteiger partial charge is 0.220 e. The van der Waals surface area contributed by atoms with E-state index in [-0.39, 0.29) is 29.4 Å². The molecule has 6 nitrogen and oxygen atoms in total. The minimum atomic E-state index is -0.318. The maximum atomic E-state index is 13.5. The van der Waals surface area contributed by atoms with Gasteiger partial charge in [0.05, 0.1) is 21.3 Å². The van der Waals surface area contributed by atoms with Crippen LogP contribution in [0.4, 0.5) is 0 Å². The summed E-state index contributed by atoms with van der Waals surface area (Å²) in [5.74, 6) is 1.92. The summed E-state index contributed by atoms with van der Waals surface area (Å²) in [6.07, 6.45) is 5.63. The largest absolute Gasteiger partial charge is 0.508 e. The Bertz CT molecular complexity index is 1240. The molecule has 1 amide bonds.